The second kappa shape index (κ2) is 8.71. The first-order chi connectivity index (χ1) is 15.3. The minimum Gasteiger partial charge on any atom is -0.487 e. The van der Waals surface area contributed by atoms with Crippen LogP contribution < -0.4 is 15.0 Å². The van der Waals surface area contributed by atoms with Gasteiger partial charge in [0.1, 0.15) is 17.7 Å². The van der Waals surface area contributed by atoms with Gasteiger partial charge in [-0.05, 0) is 36.6 Å². The van der Waals surface area contributed by atoms with Crippen molar-refractivity contribution in [1.29, 1.82) is 0 Å². The number of amides is 1. The predicted octanol–water partition coefficient (Wildman–Crippen LogP) is 2.87. The van der Waals surface area contributed by atoms with Crippen molar-refractivity contribution < 1.29 is 9.53 Å². The molecule has 2 atom stereocenters. The molecule has 2 aliphatic rings. The molecular formula is C24H25N5O2. The van der Waals surface area contributed by atoms with Gasteiger partial charge in [-0.1, -0.05) is 18.2 Å². The average Bonchev–Trinajstić information content (AvgIpc) is 3.27. The van der Waals surface area contributed by atoms with Crippen LogP contribution in [0.25, 0.3) is 11.3 Å². The molecule has 1 saturated heterocycles. The highest BCUT2D eigenvalue weighted by Crippen LogP contribution is 2.37. The largest absolute Gasteiger partial charge is 0.487 e. The fraction of sp³-hybridized carbons (Fsp3) is 0.333. The molecule has 7 heteroatoms. The van der Waals surface area contributed by atoms with Gasteiger partial charge < -0.3 is 15.0 Å². The quantitative estimate of drug-likeness (QED) is 0.690. The number of aromatic nitrogens is 3. The third-order valence-corrected chi connectivity index (χ3v) is 5.94. The number of hydrogen-bond donors (Lipinski definition) is 1. The van der Waals surface area contributed by atoms with Gasteiger partial charge in [-0.2, -0.15) is 0 Å². The SMILES string of the molecule is O=C(NC[C@H]1Cc2cccc(-c3cnccn3)c2O1)[C@@H]1CCCN(c2ccccn2)C1. The van der Waals surface area contributed by atoms with E-state index in [1.165, 1.54) is 0 Å². The van der Waals surface area contributed by atoms with E-state index in [0.29, 0.717) is 13.1 Å². The number of nitrogens with one attached hydrogen (secondary N) is 1. The normalized spacial score (nSPS) is 20.1. The van der Waals surface area contributed by atoms with Gasteiger partial charge >= 0.3 is 0 Å². The van der Waals surface area contributed by atoms with Gasteiger partial charge in [0.15, 0.2) is 0 Å². The van der Waals surface area contributed by atoms with E-state index in [1.807, 2.05) is 30.3 Å². The van der Waals surface area contributed by atoms with E-state index in [1.54, 1.807) is 24.8 Å². The number of para-hydroxylation sites is 1. The highest BCUT2D eigenvalue weighted by atomic mass is 16.5. The molecule has 2 aliphatic heterocycles. The highest BCUT2D eigenvalue weighted by molar-refractivity contribution is 5.79. The highest BCUT2D eigenvalue weighted by Gasteiger charge is 2.29. The number of fused-ring (bicyclic) bond motifs is 1. The standard InChI is InChI=1S/C24H25N5O2/c30-24(18-6-4-12-29(16-18)22-8-1-2-9-27-22)28-14-19-13-17-5-3-7-20(23(17)31-19)21-15-25-10-11-26-21/h1-3,5,7-11,15,18-19H,4,6,12-14,16H2,(H,28,30)/t18-,19-/m1/s1. The minimum absolute atomic E-state index is 0.0327. The van der Waals surface area contributed by atoms with Crippen molar-refractivity contribution in [2.24, 2.45) is 5.92 Å². The molecule has 1 N–H and O–H groups in total. The third kappa shape index (κ3) is 4.21. The van der Waals surface area contributed by atoms with Crippen molar-refractivity contribution >= 4 is 11.7 Å². The van der Waals surface area contributed by atoms with Gasteiger partial charge in [0.25, 0.3) is 0 Å². The maximum absolute atomic E-state index is 12.9. The summed E-state index contributed by atoms with van der Waals surface area (Å²) in [5.41, 5.74) is 2.87. The number of anilines is 1. The van der Waals surface area contributed by atoms with Crippen LogP contribution in [0.4, 0.5) is 5.82 Å². The first-order valence-corrected chi connectivity index (χ1v) is 10.8. The second-order valence-electron chi connectivity index (χ2n) is 8.05. The van der Waals surface area contributed by atoms with Crippen LogP contribution in [0.5, 0.6) is 5.75 Å². The van der Waals surface area contributed by atoms with Crippen LogP contribution in [-0.4, -0.2) is 46.6 Å². The fourth-order valence-electron chi connectivity index (χ4n) is 4.39. The zero-order valence-electron chi connectivity index (χ0n) is 17.3. The lowest BCUT2D eigenvalue weighted by molar-refractivity contribution is -0.125. The number of ether oxygens (including phenoxy) is 1. The Kier molecular flexibility index (Phi) is 5.48. The van der Waals surface area contributed by atoms with Crippen molar-refractivity contribution in [1.82, 2.24) is 20.3 Å². The van der Waals surface area contributed by atoms with Crippen LogP contribution in [0.15, 0.2) is 61.2 Å². The van der Waals surface area contributed by atoms with E-state index < -0.39 is 0 Å². The first kappa shape index (κ1) is 19.5. The Morgan fingerprint density at radius 2 is 2.10 bits per heavy atom. The van der Waals surface area contributed by atoms with E-state index in [0.717, 1.165) is 54.2 Å². The summed E-state index contributed by atoms with van der Waals surface area (Å²) in [6.07, 6.45) is 9.46. The number of carbonyl (C=O) groups excluding carboxylic acids is 1. The van der Waals surface area contributed by atoms with Crippen LogP contribution in [0.2, 0.25) is 0 Å². The fourth-order valence-corrected chi connectivity index (χ4v) is 4.39. The molecule has 31 heavy (non-hydrogen) atoms. The van der Waals surface area contributed by atoms with Gasteiger partial charge in [0, 0.05) is 43.7 Å². The van der Waals surface area contributed by atoms with Crippen molar-refractivity contribution in [3.8, 4) is 17.0 Å². The zero-order valence-corrected chi connectivity index (χ0v) is 17.3. The smallest absolute Gasteiger partial charge is 0.225 e. The summed E-state index contributed by atoms with van der Waals surface area (Å²) < 4.78 is 6.22. The van der Waals surface area contributed by atoms with E-state index >= 15 is 0 Å². The van der Waals surface area contributed by atoms with E-state index in [2.05, 4.69) is 31.2 Å². The molecule has 0 saturated carbocycles. The molecule has 1 aromatic carbocycles. The van der Waals surface area contributed by atoms with Gasteiger partial charge in [0.2, 0.25) is 5.91 Å². The van der Waals surface area contributed by atoms with Crippen molar-refractivity contribution in [2.45, 2.75) is 25.4 Å². The molecule has 1 amide bonds. The number of benzene rings is 1. The lowest BCUT2D eigenvalue weighted by Crippen LogP contribution is -2.45. The lowest BCUT2D eigenvalue weighted by atomic mass is 9.97. The Hall–Kier alpha value is -3.48. The van der Waals surface area contributed by atoms with Crippen molar-refractivity contribution in [3.63, 3.8) is 0 Å². The molecule has 1 fully saturated rings. The van der Waals surface area contributed by atoms with E-state index in [4.69, 9.17) is 4.74 Å². The first-order valence-electron chi connectivity index (χ1n) is 10.8. The van der Waals surface area contributed by atoms with Crippen molar-refractivity contribution in [2.75, 3.05) is 24.5 Å². The van der Waals surface area contributed by atoms with Gasteiger partial charge in [-0.3, -0.25) is 14.8 Å². The summed E-state index contributed by atoms with van der Waals surface area (Å²) >= 11 is 0. The Bertz CT molecular complexity index is 1040. The van der Waals surface area contributed by atoms with Crippen LogP contribution in [0.1, 0.15) is 18.4 Å². The Labute approximate surface area is 181 Å². The van der Waals surface area contributed by atoms with Gasteiger partial charge in [-0.15, -0.1) is 0 Å². The van der Waals surface area contributed by atoms with Crippen molar-refractivity contribution in [3.05, 3.63) is 66.7 Å². The number of pyridine rings is 1. The molecule has 0 radical (unpaired) electrons. The Morgan fingerprint density at radius 1 is 1.13 bits per heavy atom. The van der Waals surface area contributed by atoms with Crippen LogP contribution in [0, 0.1) is 5.92 Å². The Balaban J connectivity index is 1.19. The predicted molar refractivity (Wildman–Crippen MR) is 118 cm³/mol. The molecule has 3 aromatic rings. The second-order valence-corrected chi connectivity index (χ2v) is 8.05. The summed E-state index contributed by atoms with van der Waals surface area (Å²) in [6, 6.07) is 12.0. The summed E-state index contributed by atoms with van der Waals surface area (Å²) in [6.45, 7) is 2.13. The molecular weight excluding hydrogens is 390 g/mol. The molecule has 158 valence electrons. The number of hydrogen-bond acceptors (Lipinski definition) is 6. The molecule has 5 rings (SSSR count). The molecule has 7 nitrogen and oxygen atoms in total. The topological polar surface area (TPSA) is 80.2 Å². The summed E-state index contributed by atoms with van der Waals surface area (Å²) in [5.74, 6) is 1.84. The zero-order chi connectivity index (χ0) is 21.0. The average molecular weight is 415 g/mol. The number of carbonyl (C=O) groups is 1. The molecule has 0 unspecified atom stereocenters. The number of piperidine rings is 1. The minimum atomic E-state index is -0.0766. The Morgan fingerprint density at radius 3 is 2.94 bits per heavy atom. The molecule has 0 spiro atoms. The number of rotatable bonds is 5. The molecule has 0 aliphatic carbocycles. The van der Waals surface area contributed by atoms with Crippen LogP contribution >= 0.6 is 0 Å². The molecule has 4 heterocycles. The maximum Gasteiger partial charge on any atom is 0.225 e. The van der Waals surface area contributed by atoms with Crippen LogP contribution in [-0.2, 0) is 11.2 Å². The summed E-state index contributed by atoms with van der Waals surface area (Å²) in [7, 11) is 0. The monoisotopic (exact) mass is 415 g/mol. The molecule has 0 bridgehead atoms. The van der Waals surface area contributed by atoms with Gasteiger partial charge in [0.05, 0.1) is 24.4 Å². The van der Waals surface area contributed by atoms with Gasteiger partial charge in [-0.25, -0.2) is 4.98 Å². The maximum atomic E-state index is 12.9. The summed E-state index contributed by atoms with van der Waals surface area (Å²) in [4.78, 5) is 28.0. The summed E-state index contributed by atoms with van der Waals surface area (Å²) in [5, 5.41) is 3.12. The number of nitrogens with zero attached hydrogens (tertiary/aromatic N) is 4. The van der Waals surface area contributed by atoms with E-state index in [-0.39, 0.29) is 17.9 Å². The lowest BCUT2D eigenvalue weighted by Gasteiger charge is -2.33. The molecule has 2 aromatic heterocycles. The third-order valence-electron chi connectivity index (χ3n) is 5.94. The van der Waals surface area contributed by atoms with E-state index in [9.17, 15) is 4.79 Å². The van der Waals surface area contributed by atoms with Crippen LogP contribution in [0.3, 0.4) is 0 Å².